The maximum atomic E-state index is 12.3. The zero-order chi connectivity index (χ0) is 19.9. The van der Waals surface area contributed by atoms with E-state index in [1.165, 1.54) is 18.6 Å². The van der Waals surface area contributed by atoms with Gasteiger partial charge in [0.2, 0.25) is 5.91 Å². The molecule has 6 heteroatoms. The number of benzene rings is 2. The quantitative estimate of drug-likeness (QED) is 0.710. The van der Waals surface area contributed by atoms with Crippen LogP contribution in [0.2, 0.25) is 0 Å². The molecule has 1 fully saturated rings. The monoisotopic (exact) mass is 380 g/mol. The van der Waals surface area contributed by atoms with Gasteiger partial charge >= 0.3 is 5.97 Å². The van der Waals surface area contributed by atoms with Crippen LogP contribution in [0.4, 0.5) is 5.69 Å². The molecular formula is C22H24N2O4. The first kappa shape index (κ1) is 19.6. The molecule has 0 aliphatic heterocycles. The third kappa shape index (κ3) is 5.19. The largest absolute Gasteiger partial charge is 0.478 e. The first-order chi connectivity index (χ1) is 13.5. The van der Waals surface area contributed by atoms with Gasteiger partial charge in [0.05, 0.1) is 5.56 Å². The average molecular weight is 380 g/mol. The fourth-order valence-corrected chi connectivity index (χ4v) is 3.37. The van der Waals surface area contributed by atoms with Crippen LogP contribution in [0.5, 0.6) is 0 Å². The van der Waals surface area contributed by atoms with Gasteiger partial charge in [0.1, 0.15) is 0 Å². The third-order valence-corrected chi connectivity index (χ3v) is 5.05. The Hall–Kier alpha value is -3.15. The van der Waals surface area contributed by atoms with Crippen LogP contribution in [-0.2, 0) is 11.3 Å². The number of rotatable bonds is 6. The van der Waals surface area contributed by atoms with E-state index in [4.69, 9.17) is 5.11 Å². The second-order valence-corrected chi connectivity index (χ2v) is 7.09. The molecule has 28 heavy (non-hydrogen) atoms. The standard InChI is InChI=1S/C22H24N2O4/c25-20(16-4-2-1-3-5-16)23-14-15-6-8-17(9-7-15)21(26)24-19-12-10-18(11-13-19)22(27)28/h6-13,16H,1-5,14H2,(H,23,25)(H,24,26)(H,27,28). The van der Waals surface area contributed by atoms with Gasteiger partial charge in [-0.05, 0) is 54.8 Å². The zero-order valence-corrected chi connectivity index (χ0v) is 15.6. The van der Waals surface area contributed by atoms with Gasteiger partial charge in [-0.15, -0.1) is 0 Å². The fraction of sp³-hybridized carbons (Fsp3) is 0.318. The van der Waals surface area contributed by atoms with Crippen LogP contribution in [0.25, 0.3) is 0 Å². The van der Waals surface area contributed by atoms with Gasteiger partial charge in [-0.3, -0.25) is 9.59 Å². The average Bonchev–Trinajstić information content (AvgIpc) is 2.73. The van der Waals surface area contributed by atoms with Crippen molar-refractivity contribution in [2.75, 3.05) is 5.32 Å². The highest BCUT2D eigenvalue weighted by Crippen LogP contribution is 2.23. The molecule has 3 rings (SSSR count). The first-order valence-corrected chi connectivity index (χ1v) is 9.54. The second kappa shape index (κ2) is 9.17. The number of aromatic carboxylic acids is 1. The Labute approximate surface area is 164 Å². The molecule has 0 unspecified atom stereocenters. The number of anilines is 1. The minimum atomic E-state index is -1.01. The lowest BCUT2D eigenvalue weighted by molar-refractivity contribution is -0.126. The predicted molar refractivity (Wildman–Crippen MR) is 106 cm³/mol. The van der Waals surface area contributed by atoms with Crippen molar-refractivity contribution in [1.29, 1.82) is 0 Å². The van der Waals surface area contributed by atoms with Gasteiger partial charge in [0.25, 0.3) is 5.91 Å². The molecule has 2 amide bonds. The molecule has 0 aromatic heterocycles. The van der Waals surface area contributed by atoms with Crippen LogP contribution in [0.1, 0.15) is 58.4 Å². The van der Waals surface area contributed by atoms with Crippen molar-refractivity contribution in [3.05, 3.63) is 65.2 Å². The number of carboxylic acids is 1. The lowest BCUT2D eigenvalue weighted by Gasteiger charge is -2.20. The maximum absolute atomic E-state index is 12.3. The molecule has 146 valence electrons. The van der Waals surface area contributed by atoms with Crippen molar-refractivity contribution < 1.29 is 19.5 Å². The first-order valence-electron chi connectivity index (χ1n) is 9.54. The Morgan fingerprint density at radius 3 is 2.07 bits per heavy atom. The predicted octanol–water partition coefficient (Wildman–Crippen LogP) is 3.83. The number of amides is 2. The summed E-state index contributed by atoms with van der Waals surface area (Å²) < 4.78 is 0. The molecule has 0 radical (unpaired) electrons. The van der Waals surface area contributed by atoms with E-state index in [1.54, 1.807) is 24.3 Å². The van der Waals surface area contributed by atoms with E-state index in [2.05, 4.69) is 10.6 Å². The van der Waals surface area contributed by atoms with Crippen LogP contribution >= 0.6 is 0 Å². The summed E-state index contributed by atoms with van der Waals surface area (Å²) in [5.41, 5.74) is 2.12. The molecule has 0 spiro atoms. The van der Waals surface area contributed by atoms with Crippen LogP contribution < -0.4 is 10.6 Å². The van der Waals surface area contributed by atoms with Crippen molar-refractivity contribution in [1.82, 2.24) is 5.32 Å². The van der Waals surface area contributed by atoms with E-state index < -0.39 is 5.97 Å². The summed E-state index contributed by atoms with van der Waals surface area (Å²) in [6.45, 7) is 0.452. The highest BCUT2D eigenvalue weighted by molar-refractivity contribution is 6.04. The smallest absolute Gasteiger partial charge is 0.335 e. The highest BCUT2D eigenvalue weighted by Gasteiger charge is 2.20. The minimum Gasteiger partial charge on any atom is -0.478 e. The van der Waals surface area contributed by atoms with Crippen molar-refractivity contribution >= 4 is 23.5 Å². The summed E-state index contributed by atoms with van der Waals surface area (Å²) in [4.78, 5) is 35.4. The molecule has 0 saturated heterocycles. The third-order valence-electron chi connectivity index (χ3n) is 5.05. The number of hydrogen-bond donors (Lipinski definition) is 3. The highest BCUT2D eigenvalue weighted by atomic mass is 16.4. The number of carboxylic acid groups (broad SMARTS) is 1. The normalized spacial score (nSPS) is 14.3. The number of carbonyl (C=O) groups is 3. The molecule has 0 heterocycles. The molecule has 2 aromatic carbocycles. The number of hydrogen-bond acceptors (Lipinski definition) is 3. The van der Waals surface area contributed by atoms with Crippen LogP contribution in [0.15, 0.2) is 48.5 Å². The molecule has 6 nitrogen and oxygen atoms in total. The van der Waals surface area contributed by atoms with Gasteiger partial charge in [-0.2, -0.15) is 0 Å². The molecule has 1 aliphatic carbocycles. The maximum Gasteiger partial charge on any atom is 0.335 e. The molecule has 0 bridgehead atoms. The Morgan fingerprint density at radius 2 is 1.46 bits per heavy atom. The fourth-order valence-electron chi connectivity index (χ4n) is 3.37. The summed E-state index contributed by atoms with van der Waals surface area (Å²) in [7, 11) is 0. The minimum absolute atomic E-state index is 0.117. The van der Waals surface area contributed by atoms with Gasteiger partial charge in [0, 0.05) is 23.7 Å². The lowest BCUT2D eigenvalue weighted by atomic mass is 9.88. The SMILES string of the molecule is O=C(O)c1ccc(NC(=O)c2ccc(CNC(=O)C3CCCCC3)cc2)cc1. The second-order valence-electron chi connectivity index (χ2n) is 7.09. The van der Waals surface area contributed by atoms with Crippen molar-refractivity contribution in [3.63, 3.8) is 0 Å². The van der Waals surface area contributed by atoms with Crippen molar-refractivity contribution in [2.45, 2.75) is 38.6 Å². The summed E-state index contributed by atoms with van der Waals surface area (Å²) >= 11 is 0. The Morgan fingerprint density at radius 1 is 0.857 bits per heavy atom. The summed E-state index contributed by atoms with van der Waals surface area (Å²) in [5.74, 6) is -1.04. The Bertz CT molecular complexity index is 838. The van der Waals surface area contributed by atoms with Gasteiger partial charge in [-0.1, -0.05) is 31.4 Å². The van der Waals surface area contributed by atoms with E-state index in [9.17, 15) is 14.4 Å². The van der Waals surface area contributed by atoms with Gasteiger partial charge < -0.3 is 15.7 Å². The van der Waals surface area contributed by atoms with E-state index in [1.807, 2.05) is 12.1 Å². The molecule has 3 N–H and O–H groups in total. The molecular weight excluding hydrogens is 356 g/mol. The van der Waals surface area contributed by atoms with Crippen LogP contribution in [0.3, 0.4) is 0 Å². The van der Waals surface area contributed by atoms with E-state index in [-0.39, 0.29) is 23.3 Å². The van der Waals surface area contributed by atoms with Crippen LogP contribution in [0, 0.1) is 5.92 Å². The number of carbonyl (C=O) groups excluding carboxylic acids is 2. The topological polar surface area (TPSA) is 95.5 Å². The molecule has 1 saturated carbocycles. The van der Waals surface area contributed by atoms with Gasteiger partial charge in [-0.25, -0.2) is 4.79 Å². The Kier molecular flexibility index (Phi) is 6.42. The van der Waals surface area contributed by atoms with E-state index in [0.717, 1.165) is 31.2 Å². The summed E-state index contributed by atoms with van der Waals surface area (Å²) in [5, 5.41) is 14.6. The van der Waals surface area contributed by atoms with Gasteiger partial charge in [0.15, 0.2) is 0 Å². The molecule has 0 atom stereocenters. The Balaban J connectivity index is 1.52. The van der Waals surface area contributed by atoms with Crippen molar-refractivity contribution in [2.24, 2.45) is 5.92 Å². The summed E-state index contributed by atoms with van der Waals surface area (Å²) in [6.07, 6.45) is 5.41. The number of nitrogens with one attached hydrogen (secondary N) is 2. The summed E-state index contributed by atoms with van der Waals surface area (Å²) in [6, 6.07) is 13.1. The van der Waals surface area contributed by atoms with Crippen molar-refractivity contribution in [3.8, 4) is 0 Å². The molecule has 2 aromatic rings. The van der Waals surface area contributed by atoms with E-state index in [0.29, 0.717) is 17.8 Å². The van der Waals surface area contributed by atoms with Crippen LogP contribution in [-0.4, -0.2) is 22.9 Å². The molecule has 1 aliphatic rings. The van der Waals surface area contributed by atoms with E-state index >= 15 is 0 Å². The zero-order valence-electron chi connectivity index (χ0n) is 15.6. The lowest BCUT2D eigenvalue weighted by Crippen LogP contribution is -2.31.